The summed E-state index contributed by atoms with van der Waals surface area (Å²) in [5.41, 5.74) is 3.13. The van der Waals surface area contributed by atoms with Crippen molar-refractivity contribution >= 4 is 12.1 Å². The van der Waals surface area contributed by atoms with Crippen LogP contribution in [0.2, 0.25) is 0 Å². The number of rotatable bonds is 9. The second-order valence-corrected chi connectivity index (χ2v) is 6.71. The van der Waals surface area contributed by atoms with Crippen LogP contribution in [0.5, 0.6) is 5.75 Å². The summed E-state index contributed by atoms with van der Waals surface area (Å²) in [6.07, 6.45) is -0.0127. The van der Waals surface area contributed by atoms with Crippen LogP contribution in [-0.2, 0) is 22.6 Å². The van der Waals surface area contributed by atoms with Crippen LogP contribution in [0.15, 0.2) is 84.9 Å². The van der Waals surface area contributed by atoms with Crippen molar-refractivity contribution in [3.05, 3.63) is 102 Å². The van der Waals surface area contributed by atoms with Gasteiger partial charge >= 0.3 is 12.1 Å². The molecule has 3 rings (SSSR count). The molecule has 30 heavy (non-hydrogen) atoms. The van der Waals surface area contributed by atoms with E-state index in [1.165, 1.54) is 5.56 Å². The van der Waals surface area contributed by atoms with Crippen molar-refractivity contribution < 1.29 is 24.2 Å². The quantitative estimate of drug-likeness (QED) is 0.561. The maximum Gasteiger partial charge on any atom is 0.408 e. The molecule has 6 heteroatoms. The molecule has 154 valence electrons. The van der Waals surface area contributed by atoms with E-state index >= 15 is 0 Å². The summed E-state index contributed by atoms with van der Waals surface area (Å²) in [5, 5.41) is 11.7. The van der Waals surface area contributed by atoms with Gasteiger partial charge in [0.15, 0.2) is 6.04 Å². The first-order valence-corrected chi connectivity index (χ1v) is 9.56. The largest absolute Gasteiger partial charge is 0.491 e. The summed E-state index contributed by atoms with van der Waals surface area (Å²) in [4.78, 5) is 23.3. The van der Waals surface area contributed by atoms with Gasteiger partial charge < -0.3 is 19.9 Å². The number of carboxylic acid groups (broad SMARTS) is 1. The third-order valence-corrected chi connectivity index (χ3v) is 4.39. The molecule has 0 fully saturated rings. The van der Waals surface area contributed by atoms with Crippen LogP contribution in [0.3, 0.4) is 0 Å². The van der Waals surface area contributed by atoms with Gasteiger partial charge in [-0.3, -0.25) is 0 Å². The number of ether oxygens (including phenoxy) is 2. The SMILES string of the molecule is O=C(NC(COc1ccc(Cc2ccccc2)cc1)C(=O)O)OCc1ccccc1. The molecule has 0 radical (unpaired) electrons. The minimum atomic E-state index is -1.22. The third kappa shape index (κ3) is 6.67. The van der Waals surface area contributed by atoms with Crippen molar-refractivity contribution in [2.45, 2.75) is 19.1 Å². The Morgan fingerprint density at radius 2 is 1.37 bits per heavy atom. The molecule has 0 aliphatic rings. The van der Waals surface area contributed by atoms with E-state index in [0.717, 1.165) is 17.5 Å². The Hall–Kier alpha value is -3.80. The van der Waals surface area contributed by atoms with Crippen molar-refractivity contribution in [3.8, 4) is 5.75 Å². The van der Waals surface area contributed by atoms with Crippen molar-refractivity contribution in [1.82, 2.24) is 5.32 Å². The molecule has 0 aliphatic heterocycles. The van der Waals surface area contributed by atoms with Crippen molar-refractivity contribution in [2.24, 2.45) is 0 Å². The van der Waals surface area contributed by atoms with Crippen LogP contribution in [0, 0.1) is 0 Å². The Kier molecular flexibility index (Phi) is 7.44. The second kappa shape index (κ2) is 10.7. The number of alkyl carbamates (subject to hydrolysis) is 1. The highest BCUT2D eigenvalue weighted by molar-refractivity contribution is 5.80. The molecule has 0 heterocycles. The Balaban J connectivity index is 1.48. The van der Waals surface area contributed by atoms with Crippen molar-refractivity contribution in [1.29, 1.82) is 0 Å². The Morgan fingerprint density at radius 3 is 1.97 bits per heavy atom. The number of nitrogens with one attached hydrogen (secondary N) is 1. The lowest BCUT2D eigenvalue weighted by atomic mass is 10.1. The molecule has 3 aromatic carbocycles. The molecule has 0 spiro atoms. The minimum Gasteiger partial charge on any atom is -0.491 e. The number of carbonyl (C=O) groups excluding carboxylic acids is 1. The van der Waals surface area contributed by atoms with E-state index in [0.29, 0.717) is 5.75 Å². The number of benzene rings is 3. The van der Waals surface area contributed by atoms with Gasteiger partial charge in [-0.05, 0) is 35.2 Å². The zero-order valence-electron chi connectivity index (χ0n) is 16.4. The van der Waals surface area contributed by atoms with Crippen LogP contribution in [0.1, 0.15) is 16.7 Å². The second-order valence-electron chi connectivity index (χ2n) is 6.71. The summed E-state index contributed by atoms with van der Waals surface area (Å²) in [6, 6.07) is 25.4. The number of carboxylic acids is 1. The Labute approximate surface area is 175 Å². The van der Waals surface area contributed by atoms with E-state index in [-0.39, 0.29) is 13.2 Å². The van der Waals surface area contributed by atoms with Crippen LogP contribution in [0.25, 0.3) is 0 Å². The highest BCUT2D eigenvalue weighted by Crippen LogP contribution is 2.15. The number of hydrogen-bond donors (Lipinski definition) is 2. The van der Waals surface area contributed by atoms with Gasteiger partial charge in [-0.1, -0.05) is 72.8 Å². The zero-order valence-corrected chi connectivity index (χ0v) is 16.4. The lowest BCUT2D eigenvalue weighted by Gasteiger charge is -2.16. The Bertz CT molecular complexity index is 942. The van der Waals surface area contributed by atoms with E-state index in [9.17, 15) is 14.7 Å². The van der Waals surface area contributed by atoms with Gasteiger partial charge in [-0.2, -0.15) is 0 Å². The first-order valence-electron chi connectivity index (χ1n) is 9.56. The summed E-state index contributed by atoms with van der Waals surface area (Å²) < 4.78 is 10.6. The first-order chi connectivity index (χ1) is 14.6. The molecular weight excluding hydrogens is 382 g/mol. The van der Waals surface area contributed by atoms with E-state index in [1.54, 1.807) is 12.1 Å². The fraction of sp³-hybridized carbons (Fsp3) is 0.167. The average Bonchev–Trinajstić information content (AvgIpc) is 2.77. The molecule has 0 saturated carbocycles. The molecule has 3 aromatic rings. The topological polar surface area (TPSA) is 84.9 Å². The molecular formula is C24H23NO5. The first kappa shape index (κ1) is 20.9. The number of amides is 1. The van der Waals surface area contributed by atoms with Crippen molar-refractivity contribution in [2.75, 3.05) is 6.61 Å². The minimum absolute atomic E-state index is 0.0583. The molecule has 2 N–H and O–H groups in total. The Morgan fingerprint density at radius 1 is 0.800 bits per heavy atom. The molecule has 0 saturated heterocycles. The number of aliphatic carboxylic acids is 1. The van der Waals surface area contributed by atoms with Gasteiger partial charge in [0.05, 0.1) is 0 Å². The summed E-state index contributed by atoms with van der Waals surface area (Å²) >= 11 is 0. The normalized spacial score (nSPS) is 11.3. The van der Waals surface area contributed by atoms with Gasteiger partial charge in [0.2, 0.25) is 0 Å². The number of hydrogen-bond acceptors (Lipinski definition) is 4. The molecule has 0 aliphatic carbocycles. The molecule has 0 aromatic heterocycles. The van der Waals surface area contributed by atoms with Gasteiger partial charge in [0, 0.05) is 0 Å². The predicted octanol–water partition coefficient (Wildman–Crippen LogP) is 4.04. The van der Waals surface area contributed by atoms with Gasteiger partial charge in [0.25, 0.3) is 0 Å². The molecule has 1 amide bonds. The van der Waals surface area contributed by atoms with Crippen LogP contribution < -0.4 is 10.1 Å². The predicted molar refractivity (Wildman–Crippen MR) is 112 cm³/mol. The molecule has 0 bridgehead atoms. The van der Waals surface area contributed by atoms with E-state index in [1.807, 2.05) is 60.7 Å². The molecule has 1 atom stereocenters. The lowest BCUT2D eigenvalue weighted by molar-refractivity contribution is -0.140. The van der Waals surface area contributed by atoms with Crippen LogP contribution in [-0.4, -0.2) is 29.8 Å². The maximum atomic E-state index is 11.9. The fourth-order valence-electron chi connectivity index (χ4n) is 2.80. The third-order valence-electron chi connectivity index (χ3n) is 4.39. The van der Waals surface area contributed by atoms with Crippen LogP contribution in [0.4, 0.5) is 4.79 Å². The smallest absolute Gasteiger partial charge is 0.408 e. The van der Waals surface area contributed by atoms with Crippen molar-refractivity contribution in [3.63, 3.8) is 0 Å². The van der Waals surface area contributed by atoms with Crippen LogP contribution >= 0.6 is 0 Å². The van der Waals surface area contributed by atoms with Gasteiger partial charge in [0.1, 0.15) is 19.0 Å². The fourth-order valence-corrected chi connectivity index (χ4v) is 2.80. The van der Waals surface area contributed by atoms with E-state index in [4.69, 9.17) is 9.47 Å². The maximum absolute atomic E-state index is 11.9. The van der Waals surface area contributed by atoms with Gasteiger partial charge in [-0.15, -0.1) is 0 Å². The summed E-state index contributed by atoms with van der Waals surface area (Å²) in [7, 11) is 0. The lowest BCUT2D eigenvalue weighted by Crippen LogP contribution is -2.45. The van der Waals surface area contributed by atoms with E-state index < -0.39 is 18.1 Å². The monoisotopic (exact) mass is 405 g/mol. The molecule has 1 unspecified atom stereocenters. The van der Waals surface area contributed by atoms with Gasteiger partial charge in [-0.25, -0.2) is 9.59 Å². The highest BCUT2D eigenvalue weighted by Gasteiger charge is 2.21. The summed E-state index contributed by atoms with van der Waals surface area (Å²) in [5.74, 6) is -0.676. The molecule has 6 nitrogen and oxygen atoms in total. The number of carbonyl (C=O) groups is 2. The summed E-state index contributed by atoms with van der Waals surface area (Å²) in [6.45, 7) is -0.156. The average molecular weight is 405 g/mol. The van der Waals surface area contributed by atoms with E-state index in [2.05, 4.69) is 17.4 Å². The highest BCUT2D eigenvalue weighted by atomic mass is 16.5. The standard InChI is InChI=1S/C24H23NO5/c26-23(27)22(25-24(28)30-16-20-9-5-2-6-10-20)17-29-21-13-11-19(12-14-21)15-18-7-3-1-4-8-18/h1-14,22H,15-17H2,(H,25,28)(H,26,27). The zero-order chi connectivity index (χ0) is 21.2.